The highest BCUT2D eigenvalue weighted by Gasteiger charge is 2.16. The maximum absolute atomic E-state index is 11.9. The molecule has 22 heavy (non-hydrogen) atoms. The number of carbonyl (C=O) groups is 1. The first-order valence-electron chi connectivity index (χ1n) is 7.89. The van der Waals surface area contributed by atoms with Crippen LogP contribution in [0.1, 0.15) is 26.3 Å². The van der Waals surface area contributed by atoms with Gasteiger partial charge in [0.2, 0.25) is 0 Å². The van der Waals surface area contributed by atoms with E-state index in [1.54, 1.807) is 6.20 Å². The predicted molar refractivity (Wildman–Crippen MR) is 86.9 cm³/mol. The van der Waals surface area contributed by atoms with Crippen molar-refractivity contribution in [3.63, 3.8) is 0 Å². The number of nitrogens with one attached hydrogen (secondary N) is 2. The molecule has 1 atom stereocenters. The SMILES string of the molecule is CC(C)C(C)NC(=O)NCc1cccnc1N1CCOCC1. The lowest BCUT2D eigenvalue weighted by Crippen LogP contribution is -2.43. The van der Waals surface area contributed by atoms with Crippen LogP contribution >= 0.6 is 0 Å². The van der Waals surface area contributed by atoms with Gasteiger partial charge in [0, 0.05) is 37.4 Å². The van der Waals surface area contributed by atoms with E-state index >= 15 is 0 Å². The van der Waals surface area contributed by atoms with Crippen LogP contribution in [0.3, 0.4) is 0 Å². The molecule has 2 rings (SSSR count). The molecule has 0 radical (unpaired) electrons. The molecule has 2 heterocycles. The molecule has 6 heteroatoms. The van der Waals surface area contributed by atoms with Crippen LogP contribution in [0.5, 0.6) is 0 Å². The normalized spacial score (nSPS) is 16.5. The largest absolute Gasteiger partial charge is 0.378 e. The second-order valence-electron chi connectivity index (χ2n) is 5.95. The van der Waals surface area contributed by atoms with Crippen LogP contribution in [0.4, 0.5) is 10.6 Å². The maximum Gasteiger partial charge on any atom is 0.315 e. The van der Waals surface area contributed by atoms with Crippen LogP contribution in [0.15, 0.2) is 18.3 Å². The number of morpholine rings is 1. The molecule has 0 bridgehead atoms. The Labute approximate surface area is 132 Å². The second kappa shape index (κ2) is 7.98. The molecule has 1 aromatic rings. The van der Waals surface area contributed by atoms with E-state index in [9.17, 15) is 4.79 Å². The lowest BCUT2D eigenvalue weighted by molar-refractivity contribution is 0.122. The van der Waals surface area contributed by atoms with E-state index in [-0.39, 0.29) is 12.1 Å². The first-order valence-corrected chi connectivity index (χ1v) is 7.89. The molecular formula is C16H26N4O2. The Balaban J connectivity index is 1.93. The number of ether oxygens (including phenoxy) is 1. The van der Waals surface area contributed by atoms with Crippen LogP contribution < -0.4 is 15.5 Å². The number of pyridine rings is 1. The molecule has 1 aliphatic heterocycles. The topological polar surface area (TPSA) is 66.5 Å². The van der Waals surface area contributed by atoms with Gasteiger partial charge >= 0.3 is 6.03 Å². The smallest absolute Gasteiger partial charge is 0.315 e. The first kappa shape index (κ1) is 16.5. The Kier molecular flexibility index (Phi) is 6.00. The van der Waals surface area contributed by atoms with Gasteiger partial charge < -0.3 is 20.3 Å². The highest BCUT2D eigenvalue weighted by atomic mass is 16.5. The summed E-state index contributed by atoms with van der Waals surface area (Å²) in [6.45, 7) is 9.75. The van der Waals surface area contributed by atoms with Crippen LogP contribution in [-0.4, -0.2) is 43.4 Å². The fourth-order valence-corrected chi connectivity index (χ4v) is 2.23. The molecule has 0 saturated carbocycles. The molecule has 6 nitrogen and oxygen atoms in total. The van der Waals surface area contributed by atoms with Crippen LogP contribution in [0.25, 0.3) is 0 Å². The minimum absolute atomic E-state index is 0.141. The van der Waals surface area contributed by atoms with Crippen molar-refractivity contribution in [1.29, 1.82) is 0 Å². The first-order chi connectivity index (χ1) is 10.6. The monoisotopic (exact) mass is 306 g/mol. The Hall–Kier alpha value is -1.82. The average molecular weight is 306 g/mol. The summed E-state index contributed by atoms with van der Waals surface area (Å²) >= 11 is 0. The van der Waals surface area contributed by atoms with E-state index < -0.39 is 0 Å². The summed E-state index contributed by atoms with van der Waals surface area (Å²) in [5, 5.41) is 5.86. The number of rotatable bonds is 5. The lowest BCUT2D eigenvalue weighted by Gasteiger charge is -2.29. The number of hydrogen-bond donors (Lipinski definition) is 2. The summed E-state index contributed by atoms with van der Waals surface area (Å²) in [5.74, 6) is 1.34. The van der Waals surface area contributed by atoms with Crippen molar-refractivity contribution < 1.29 is 9.53 Å². The summed E-state index contributed by atoms with van der Waals surface area (Å²) in [7, 11) is 0. The molecule has 1 aromatic heterocycles. The summed E-state index contributed by atoms with van der Waals surface area (Å²) < 4.78 is 5.38. The Morgan fingerprint density at radius 1 is 1.36 bits per heavy atom. The fourth-order valence-electron chi connectivity index (χ4n) is 2.23. The average Bonchev–Trinajstić information content (AvgIpc) is 2.54. The molecule has 0 spiro atoms. The molecule has 0 aliphatic carbocycles. The van der Waals surface area contributed by atoms with Gasteiger partial charge in [-0.05, 0) is 18.9 Å². The Morgan fingerprint density at radius 3 is 2.77 bits per heavy atom. The van der Waals surface area contributed by atoms with Crippen molar-refractivity contribution in [1.82, 2.24) is 15.6 Å². The molecule has 1 saturated heterocycles. The number of nitrogens with zero attached hydrogens (tertiary/aromatic N) is 2. The quantitative estimate of drug-likeness (QED) is 0.870. The van der Waals surface area contributed by atoms with Gasteiger partial charge in [0.15, 0.2) is 0 Å². The Morgan fingerprint density at radius 2 is 2.09 bits per heavy atom. The number of urea groups is 1. The minimum atomic E-state index is -0.141. The standard InChI is InChI=1S/C16H26N4O2/c1-12(2)13(3)19-16(21)18-11-14-5-4-6-17-15(14)20-7-9-22-10-8-20/h4-6,12-13H,7-11H2,1-3H3,(H2,18,19,21). The second-order valence-corrected chi connectivity index (χ2v) is 5.95. The number of amides is 2. The van der Waals surface area contributed by atoms with Crippen molar-refractivity contribution in [2.24, 2.45) is 5.92 Å². The third kappa shape index (κ3) is 4.59. The summed E-state index contributed by atoms with van der Waals surface area (Å²) in [4.78, 5) is 18.6. The van der Waals surface area contributed by atoms with Gasteiger partial charge in [-0.3, -0.25) is 0 Å². The molecular weight excluding hydrogens is 280 g/mol. The van der Waals surface area contributed by atoms with Gasteiger partial charge in [-0.15, -0.1) is 0 Å². The maximum atomic E-state index is 11.9. The Bertz CT molecular complexity index is 487. The van der Waals surface area contributed by atoms with Crippen molar-refractivity contribution in [2.45, 2.75) is 33.4 Å². The van der Waals surface area contributed by atoms with E-state index in [1.807, 2.05) is 19.1 Å². The van der Waals surface area contributed by atoms with Gasteiger partial charge in [-0.1, -0.05) is 19.9 Å². The van der Waals surface area contributed by atoms with Crippen molar-refractivity contribution >= 4 is 11.8 Å². The summed E-state index contributed by atoms with van der Waals surface area (Å²) in [6, 6.07) is 3.91. The molecule has 0 aromatic carbocycles. The van der Waals surface area contributed by atoms with Crippen LogP contribution in [0, 0.1) is 5.92 Å². The molecule has 1 unspecified atom stereocenters. The van der Waals surface area contributed by atoms with Crippen LogP contribution in [0.2, 0.25) is 0 Å². The van der Waals surface area contributed by atoms with Crippen molar-refractivity contribution in [3.05, 3.63) is 23.9 Å². The summed E-state index contributed by atoms with van der Waals surface area (Å²) in [6.07, 6.45) is 1.79. The number of aromatic nitrogens is 1. The predicted octanol–water partition coefficient (Wildman–Crippen LogP) is 1.76. The van der Waals surface area contributed by atoms with Crippen molar-refractivity contribution in [2.75, 3.05) is 31.2 Å². The van der Waals surface area contributed by atoms with Crippen molar-refractivity contribution in [3.8, 4) is 0 Å². The third-order valence-electron chi connectivity index (χ3n) is 3.98. The van der Waals surface area contributed by atoms with Gasteiger partial charge in [0.05, 0.1) is 13.2 Å². The van der Waals surface area contributed by atoms with E-state index in [0.29, 0.717) is 12.5 Å². The van der Waals surface area contributed by atoms with E-state index in [1.165, 1.54) is 0 Å². The van der Waals surface area contributed by atoms with E-state index in [2.05, 4.69) is 34.4 Å². The van der Waals surface area contributed by atoms with Gasteiger partial charge in [-0.25, -0.2) is 9.78 Å². The van der Waals surface area contributed by atoms with Gasteiger partial charge in [0.25, 0.3) is 0 Å². The third-order valence-corrected chi connectivity index (χ3v) is 3.98. The highest BCUT2D eigenvalue weighted by Crippen LogP contribution is 2.18. The number of anilines is 1. The molecule has 1 aliphatic rings. The van der Waals surface area contributed by atoms with Gasteiger partial charge in [0.1, 0.15) is 5.82 Å². The zero-order valence-electron chi connectivity index (χ0n) is 13.6. The number of hydrogen-bond acceptors (Lipinski definition) is 4. The minimum Gasteiger partial charge on any atom is -0.378 e. The van der Waals surface area contributed by atoms with E-state index in [4.69, 9.17) is 4.74 Å². The summed E-state index contributed by atoms with van der Waals surface area (Å²) in [5.41, 5.74) is 1.02. The molecule has 122 valence electrons. The van der Waals surface area contributed by atoms with E-state index in [0.717, 1.165) is 37.7 Å². The van der Waals surface area contributed by atoms with Crippen LogP contribution in [-0.2, 0) is 11.3 Å². The zero-order valence-corrected chi connectivity index (χ0v) is 13.6. The fraction of sp³-hybridized carbons (Fsp3) is 0.625. The molecule has 1 fully saturated rings. The number of carbonyl (C=O) groups excluding carboxylic acids is 1. The highest BCUT2D eigenvalue weighted by molar-refractivity contribution is 5.74. The zero-order chi connectivity index (χ0) is 15.9. The molecule has 2 amide bonds. The lowest BCUT2D eigenvalue weighted by atomic mass is 10.1. The molecule has 2 N–H and O–H groups in total. The van der Waals surface area contributed by atoms with Gasteiger partial charge in [-0.2, -0.15) is 0 Å².